The van der Waals surface area contributed by atoms with E-state index in [0.717, 1.165) is 91.0 Å². The van der Waals surface area contributed by atoms with E-state index >= 15 is 0 Å². The van der Waals surface area contributed by atoms with E-state index in [0.29, 0.717) is 12.5 Å². The van der Waals surface area contributed by atoms with Crippen LogP contribution in [0.5, 0.6) is 11.5 Å². The monoisotopic (exact) mass is 603 g/mol. The molecule has 5 rings (SSSR count). The molecule has 0 spiro atoms. The van der Waals surface area contributed by atoms with Crippen LogP contribution in [0.2, 0.25) is 0 Å². The van der Waals surface area contributed by atoms with Crippen molar-refractivity contribution in [3.8, 4) is 22.8 Å². The van der Waals surface area contributed by atoms with E-state index in [9.17, 15) is 8.42 Å². The Morgan fingerprint density at radius 3 is 2.10 bits per heavy atom. The molecule has 1 aliphatic carbocycles. The number of rotatable bonds is 12. The maximum Gasteiger partial charge on any atom is 0.264 e. The quantitative estimate of drug-likeness (QED) is 0.277. The lowest BCUT2D eigenvalue weighted by molar-refractivity contribution is 0.0681. The highest BCUT2D eigenvalue weighted by Gasteiger charge is 2.30. The molecular formula is C31H45N3O7S. The van der Waals surface area contributed by atoms with Crippen molar-refractivity contribution in [3.05, 3.63) is 41.6 Å². The van der Waals surface area contributed by atoms with Gasteiger partial charge in [0.1, 0.15) is 11.5 Å². The molecule has 2 fully saturated rings. The lowest BCUT2D eigenvalue weighted by atomic mass is 9.99. The standard InChI is InChI=1S/C29H39N3O4.C2H6O3S/c1-5-23-29(31(17-20-9-10-20)18-21-11-13-36-14-12-21)25-8-6-7-24(32(25)30-23)28-26(34-3)15-22(19-33-2)16-27(28)35-4;1-2-6(3,4)5/h6-8,15-16,20-21H,5,9-14,17-19H2,1-4H3;2H2,1H3,(H,3,4,5). The minimum absolute atomic E-state index is 0.201. The molecule has 2 aliphatic rings. The molecule has 232 valence electrons. The molecule has 1 saturated heterocycles. The van der Waals surface area contributed by atoms with E-state index in [1.54, 1.807) is 21.3 Å². The number of nitrogens with zero attached hydrogens (tertiary/aromatic N) is 3. The Bertz CT molecular complexity index is 1400. The number of anilines is 1. The number of aryl methyl sites for hydroxylation is 1. The minimum atomic E-state index is -3.66. The zero-order valence-corrected chi connectivity index (χ0v) is 26.3. The van der Waals surface area contributed by atoms with Gasteiger partial charge in [-0.2, -0.15) is 13.5 Å². The Hall–Kier alpha value is -2.86. The predicted octanol–water partition coefficient (Wildman–Crippen LogP) is 5.26. The van der Waals surface area contributed by atoms with Crippen molar-refractivity contribution in [3.63, 3.8) is 0 Å². The normalized spacial score (nSPS) is 15.8. The van der Waals surface area contributed by atoms with Crippen LogP contribution in [0.1, 0.15) is 50.8 Å². The van der Waals surface area contributed by atoms with Crippen LogP contribution in [-0.4, -0.2) is 76.0 Å². The van der Waals surface area contributed by atoms with E-state index in [4.69, 9.17) is 28.6 Å². The fourth-order valence-electron chi connectivity index (χ4n) is 5.45. The molecule has 42 heavy (non-hydrogen) atoms. The summed E-state index contributed by atoms with van der Waals surface area (Å²) in [6.45, 7) is 7.99. The van der Waals surface area contributed by atoms with E-state index in [-0.39, 0.29) is 5.75 Å². The molecule has 0 radical (unpaired) electrons. The van der Waals surface area contributed by atoms with E-state index in [1.807, 2.05) is 12.1 Å². The summed E-state index contributed by atoms with van der Waals surface area (Å²) in [5, 5.41) is 5.17. The van der Waals surface area contributed by atoms with E-state index in [2.05, 4.69) is 34.5 Å². The maximum atomic E-state index is 9.56. The van der Waals surface area contributed by atoms with Crippen molar-refractivity contribution in [2.45, 2.75) is 52.6 Å². The number of methoxy groups -OCH3 is 3. The summed E-state index contributed by atoms with van der Waals surface area (Å²) in [6, 6.07) is 10.5. The molecule has 3 aromatic rings. The summed E-state index contributed by atoms with van der Waals surface area (Å²) in [5.41, 5.74) is 6.44. The van der Waals surface area contributed by atoms with Crippen LogP contribution in [0.4, 0.5) is 5.69 Å². The molecule has 11 heteroatoms. The Kier molecular flexibility index (Phi) is 11.1. The third-order valence-electron chi connectivity index (χ3n) is 7.84. The zero-order valence-electron chi connectivity index (χ0n) is 25.5. The molecule has 0 amide bonds. The molecule has 1 aromatic carbocycles. The lowest BCUT2D eigenvalue weighted by Gasteiger charge is -2.31. The summed E-state index contributed by atoms with van der Waals surface area (Å²) in [7, 11) is 1.43. The highest BCUT2D eigenvalue weighted by atomic mass is 32.2. The van der Waals surface area contributed by atoms with Gasteiger partial charge in [0.2, 0.25) is 0 Å². The number of hydrogen-bond donors (Lipinski definition) is 1. The number of ether oxygens (including phenoxy) is 4. The summed E-state index contributed by atoms with van der Waals surface area (Å²) in [6.07, 6.45) is 5.81. The van der Waals surface area contributed by atoms with Crippen LogP contribution in [0.25, 0.3) is 16.8 Å². The van der Waals surface area contributed by atoms with Crippen molar-refractivity contribution in [2.24, 2.45) is 11.8 Å². The Labute approximate surface area is 249 Å². The summed E-state index contributed by atoms with van der Waals surface area (Å²) in [5.74, 6) is 2.75. The van der Waals surface area contributed by atoms with Gasteiger partial charge in [-0.1, -0.05) is 13.0 Å². The van der Waals surface area contributed by atoms with Crippen LogP contribution in [-0.2, 0) is 32.6 Å². The van der Waals surface area contributed by atoms with Crippen molar-refractivity contribution >= 4 is 21.3 Å². The van der Waals surface area contributed by atoms with E-state index < -0.39 is 10.1 Å². The van der Waals surface area contributed by atoms with Gasteiger partial charge in [-0.15, -0.1) is 0 Å². The number of pyridine rings is 1. The van der Waals surface area contributed by atoms with Gasteiger partial charge in [0, 0.05) is 33.4 Å². The number of aromatic nitrogens is 2. The highest BCUT2D eigenvalue weighted by molar-refractivity contribution is 7.85. The molecule has 0 atom stereocenters. The first kappa shape index (κ1) is 32.1. The Balaban J connectivity index is 0.000000612. The van der Waals surface area contributed by atoms with Gasteiger partial charge in [0.05, 0.1) is 54.7 Å². The molecule has 0 unspecified atom stereocenters. The lowest BCUT2D eigenvalue weighted by Crippen LogP contribution is -2.34. The number of benzene rings is 1. The molecule has 1 aliphatic heterocycles. The first-order valence-electron chi connectivity index (χ1n) is 14.8. The van der Waals surface area contributed by atoms with Crippen LogP contribution in [0.15, 0.2) is 30.3 Å². The molecule has 2 aromatic heterocycles. The van der Waals surface area contributed by atoms with Crippen molar-refractivity contribution in [2.75, 3.05) is 58.3 Å². The summed E-state index contributed by atoms with van der Waals surface area (Å²) < 4.78 is 51.7. The topological polar surface area (TPSA) is 112 Å². The van der Waals surface area contributed by atoms with E-state index in [1.165, 1.54) is 25.5 Å². The van der Waals surface area contributed by atoms with Crippen molar-refractivity contribution in [1.29, 1.82) is 0 Å². The van der Waals surface area contributed by atoms with Gasteiger partial charge in [0.15, 0.2) is 0 Å². The summed E-state index contributed by atoms with van der Waals surface area (Å²) in [4.78, 5) is 2.63. The first-order valence-corrected chi connectivity index (χ1v) is 16.4. The smallest absolute Gasteiger partial charge is 0.264 e. The third kappa shape index (κ3) is 7.94. The fraction of sp³-hybridized carbons (Fsp3) is 0.581. The molecule has 1 N–H and O–H groups in total. The first-order chi connectivity index (χ1) is 20.2. The minimum Gasteiger partial charge on any atom is -0.496 e. The Morgan fingerprint density at radius 1 is 1.00 bits per heavy atom. The van der Waals surface area contributed by atoms with Crippen LogP contribution in [0, 0.1) is 11.8 Å². The second-order valence-corrected chi connectivity index (χ2v) is 12.7. The van der Waals surface area contributed by atoms with Crippen molar-refractivity contribution < 1.29 is 31.9 Å². The van der Waals surface area contributed by atoms with Gasteiger partial charge in [0.25, 0.3) is 10.1 Å². The molecule has 10 nitrogen and oxygen atoms in total. The zero-order chi connectivity index (χ0) is 30.3. The average Bonchev–Trinajstić information content (AvgIpc) is 3.73. The largest absolute Gasteiger partial charge is 0.496 e. The number of hydrogen-bond acceptors (Lipinski definition) is 8. The molecule has 1 saturated carbocycles. The SMILES string of the molecule is CCS(=O)(=O)O.CCc1nn2c(-c3c(OC)cc(COC)cc3OC)cccc2c1N(CC1CCOCC1)CC1CC1. The van der Waals surface area contributed by atoms with Crippen LogP contribution < -0.4 is 14.4 Å². The second-order valence-electron chi connectivity index (χ2n) is 10.9. The van der Waals surface area contributed by atoms with Gasteiger partial charge in [-0.3, -0.25) is 4.55 Å². The van der Waals surface area contributed by atoms with Crippen molar-refractivity contribution in [1.82, 2.24) is 9.61 Å². The van der Waals surface area contributed by atoms with Gasteiger partial charge in [-0.05, 0) is 80.7 Å². The molecule has 3 heterocycles. The number of fused-ring (bicyclic) bond motifs is 1. The summed E-state index contributed by atoms with van der Waals surface area (Å²) >= 11 is 0. The maximum absolute atomic E-state index is 9.56. The second kappa shape index (κ2) is 14.5. The van der Waals surface area contributed by atoms with Gasteiger partial charge in [-0.25, -0.2) is 4.52 Å². The van der Waals surface area contributed by atoms with Gasteiger partial charge < -0.3 is 23.8 Å². The third-order valence-corrected chi connectivity index (χ3v) is 8.57. The molecular weight excluding hydrogens is 558 g/mol. The predicted molar refractivity (Wildman–Crippen MR) is 164 cm³/mol. The van der Waals surface area contributed by atoms with Crippen LogP contribution >= 0.6 is 0 Å². The highest BCUT2D eigenvalue weighted by Crippen LogP contribution is 2.42. The molecule has 0 bridgehead atoms. The van der Waals surface area contributed by atoms with Crippen LogP contribution in [0.3, 0.4) is 0 Å². The van der Waals surface area contributed by atoms with Gasteiger partial charge >= 0.3 is 0 Å². The fourth-order valence-corrected chi connectivity index (χ4v) is 5.45. The average molecular weight is 604 g/mol. The Morgan fingerprint density at radius 2 is 1.60 bits per heavy atom.